The van der Waals surface area contributed by atoms with Gasteiger partial charge in [0.05, 0.1) is 6.04 Å². The fourth-order valence-corrected chi connectivity index (χ4v) is 3.25. The van der Waals surface area contributed by atoms with E-state index in [9.17, 15) is 0 Å². The fraction of sp³-hybridized carbons (Fsp3) is 0.692. The summed E-state index contributed by atoms with van der Waals surface area (Å²) in [5, 5.41) is 2.16. The lowest BCUT2D eigenvalue weighted by Crippen LogP contribution is -2.39. The van der Waals surface area contributed by atoms with Crippen LogP contribution in [0.25, 0.3) is 0 Å². The Bertz CT molecular complexity index is 309. The predicted molar refractivity (Wildman–Crippen MR) is 73.0 cm³/mol. The van der Waals surface area contributed by atoms with Gasteiger partial charge in [-0.2, -0.15) is 0 Å². The van der Waals surface area contributed by atoms with Crippen molar-refractivity contribution < 1.29 is 0 Å². The first-order valence-electron chi connectivity index (χ1n) is 6.15. The van der Waals surface area contributed by atoms with Gasteiger partial charge in [0.1, 0.15) is 0 Å². The molecule has 2 atom stereocenters. The monoisotopic (exact) mass is 240 g/mol. The number of thiophene rings is 1. The summed E-state index contributed by atoms with van der Waals surface area (Å²) >= 11 is 1.83. The summed E-state index contributed by atoms with van der Waals surface area (Å²) in [4.78, 5) is 3.95. The highest BCUT2D eigenvalue weighted by atomic mass is 32.1. The lowest BCUT2D eigenvalue weighted by molar-refractivity contribution is 0.154. The van der Waals surface area contributed by atoms with E-state index in [1.165, 1.54) is 16.9 Å². The minimum absolute atomic E-state index is 0.389. The fourth-order valence-electron chi connectivity index (χ4n) is 2.19. The first kappa shape index (κ1) is 13.7. The summed E-state index contributed by atoms with van der Waals surface area (Å²) in [7, 11) is 0. The van der Waals surface area contributed by atoms with E-state index in [0.717, 1.165) is 6.54 Å². The van der Waals surface area contributed by atoms with E-state index >= 15 is 0 Å². The summed E-state index contributed by atoms with van der Waals surface area (Å²) in [6, 6.07) is 3.17. The van der Waals surface area contributed by atoms with E-state index in [0.29, 0.717) is 18.6 Å². The maximum Gasteiger partial charge on any atom is 0.0569 e. The van der Waals surface area contributed by atoms with E-state index < -0.39 is 0 Å². The molecule has 1 aromatic rings. The molecule has 0 fully saturated rings. The van der Waals surface area contributed by atoms with Crippen molar-refractivity contribution in [1.29, 1.82) is 0 Å². The molecule has 92 valence electrons. The van der Waals surface area contributed by atoms with Crippen LogP contribution >= 0.6 is 11.3 Å². The van der Waals surface area contributed by atoms with Crippen molar-refractivity contribution in [3.63, 3.8) is 0 Å². The van der Waals surface area contributed by atoms with Gasteiger partial charge in [-0.25, -0.2) is 0 Å². The van der Waals surface area contributed by atoms with Gasteiger partial charge >= 0.3 is 0 Å². The third kappa shape index (κ3) is 2.84. The quantitative estimate of drug-likeness (QED) is 0.827. The van der Waals surface area contributed by atoms with Crippen LogP contribution in [0.15, 0.2) is 11.4 Å². The molecule has 0 saturated carbocycles. The number of nitrogens with zero attached hydrogens (tertiary/aromatic N) is 1. The number of likely N-dealkylation sites (N-methyl/N-ethyl adjacent to an activating group) is 1. The van der Waals surface area contributed by atoms with Crippen LogP contribution in [0.4, 0.5) is 0 Å². The number of nitrogens with two attached hydrogens (primary N) is 1. The lowest BCUT2D eigenvalue weighted by Gasteiger charge is -2.34. The second-order valence-electron chi connectivity index (χ2n) is 4.31. The average Bonchev–Trinajstić information content (AvgIpc) is 2.71. The summed E-state index contributed by atoms with van der Waals surface area (Å²) < 4.78 is 0. The van der Waals surface area contributed by atoms with Gasteiger partial charge in [-0.1, -0.05) is 13.8 Å². The molecule has 3 heteroatoms. The molecule has 0 aromatic carbocycles. The molecule has 0 saturated heterocycles. The molecule has 0 aliphatic rings. The molecule has 0 aliphatic heterocycles. The second-order valence-corrected chi connectivity index (χ2v) is 5.25. The lowest BCUT2D eigenvalue weighted by atomic mass is 10.1. The zero-order valence-corrected chi connectivity index (χ0v) is 11.7. The molecule has 0 aliphatic carbocycles. The van der Waals surface area contributed by atoms with Crippen molar-refractivity contribution in [3.05, 3.63) is 21.9 Å². The molecule has 0 radical (unpaired) electrons. The summed E-state index contributed by atoms with van der Waals surface area (Å²) in [6.07, 6.45) is 1.18. The predicted octanol–water partition coefficient (Wildman–Crippen LogP) is 3.18. The van der Waals surface area contributed by atoms with Gasteiger partial charge in [0, 0.05) is 17.5 Å². The van der Waals surface area contributed by atoms with Gasteiger partial charge in [-0.3, -0.25) is 4.90 Å². The molecular formula is C13H24N2S. The normalized spacial score (nSPS) is 15.4. The first-order valence-corrected chi connectivity index (χ1v) is 7.03. The molecular weight excluding hydrogens is 216 g/mol. The van der Waals surface area contributed by atoms with Gasteiger partial charge in [0.15, 0.2) is 0 Å². The Morgan fingerprint density at radius 3 is 2.50 bits per heavy atom. The third-order valence-electron chi connectivity index (χ3n) is 3.35. The van der Waals surface area contributed by atoms with Crippen LogP contribution < -0.4 is 5.73 Å². The molecule has 1 aromatic heterocycles. The number of rotatable bonds is 6. The molecule has 0 spiro atoms. The van der Waals surface area contributed by atoms with E-state index in [1.54, 1.807) is 0 Å². The molecule has 2 unspecified atom stereocenters. The largest absolute Gasteiger partial charge is 0.329 e. The SMILES string of the molecule is CCC(C)N(CC)C(CN)c1sccc1C. The van der Waals surface area contributed by atoms with Crippen LogP contribution in [-0.4, -0.2) is 24.0 Å². The minimum atomic E-state index is 0.389. The highest BCUT2D eigenvalue weighted by Crippen LogP contribution is 2.29. The Morgan fingerprint density at radius 1 is 1.44 bits per heavy atom. The smallest absolute Gasteiger partial charge is 0.0569 e. The van der Waals surface area contributed by atoms with Crippen LogP contribution in [0.3, 0.4) is 0 Å². The summed E-state index contributed by atoms with van der Waals surface area (Å²) in [5.41, 5.74) is 7.34. The van der Waals surface area contributed by atoms with Crippen molar-refractivity contribution in [1.82, 2.24) is 4.90 Å². The van der Waals surface area contributed by atoms with Crippen molar-refractivity contribution in [2.45, 2.75) is 46.2 Å². The molecule has 1 rings (SSSR count). The molecule has 2 nitrogen and oxygen atoms in total. The first-order chi connectivity index (χ1) is 7.65. The highest BCUT2D eigenvalue weighted by Gasteiger charge is 2.23. The van der Waals surface area contributed by atoms with Gasteiger partial charge in [-0.05, 0) is 43.8 Å². The van der Waals surface area contributed by atoms with Crippen LogP contribution in [0, 0.1) is 6.92 Å². The number of hydrogen-bond donors (Lipinski definition) is 1. The molecule has 1 heterocycles. The van der Waals surface area contributed by atoms with E-state index in [2.05, 4.69) is 44.0 Å². The third-order valence-corrected chi connectivity index (χ3v) is 4.47. The van der Waals surface area contributed by atoms with Crippen LogP contribution in [-0.2, 0) is 0 Å². The Kier molecular flexibility index (Phi) is 5.46. The summed E-state index contributed by atoms with van der Waals surface area (Å²) in [5.74, 6) is 0. The van der Waals surface area contributed by atoms with E-state index in [4.69, 9.17) is 5.73 Å². The maximum absolute atomic E-state index is 5.97. The molecule has 0 amide bonds. The van der Waals surface area contributed by atoms with Crippen LogP contribution in [0.1, 0.15) is 43.7 Å². The Labute approximate surface area is 103 Å². The van der Waals surface area contributed by atoms with Crippen molar-refractivity contribution >= 4 is 11.3 Å². The van der Waals surface area contributed by atoms with Crippen molar-refractivity contribution in [2.75, 3.05) is 13.1 Å². The molecule has 0 bridgehead atoms. The second kappa shape index (κ2) is 6.38. The molecule has 2 N–H and O–H groups in total. The van der Waals surface area contributed by atoms with Crippen molar-refractivity contribution in [2.24, 2.45) is 5.73 Å². The van der Waals surface area contributed by atoms with Gasteiger partial charge in [0.25, 0.3) is 0 Å². The van der Waals surface area contributed by atoms with E-state index in [1.807, 2.05) is 11.3 Å². The number of aryl methyl sites for hydroxylation is 1. The van der Waals surface area contributed by atoms with Crippen LogP contribution in [0.2, 0.25) is 0 Å². The van der Waals surface area contributed by atoms with Crippen molar-refractivity contribution in [3.8, 4) is 0 Å². The number of hydrogen-bond acceptors (Lipinski definition) is 3. The Hall–Kier alpha value is -0.380. The zero-order chi connectivity index (χ0) is 12.1. The van der Waals surface area contributed by atoms with E-state index in [-0.39, 0.29) is 0 Å². The standard InChI is InChI=1S/C13H24N2S/c1-5-11(4)15(6-2)12(9-14)13-10(3)7-8-16-13/h7-8,11-12H,5-6,9,14H2,1-4H3. The Balaban J connectivity index is 2.92. The average molecular weight is 240 g/mol. The zero-order valence-electron chi connectivity index (χ0n) is 10.9. The van der Waals surface area contributed by atoms with Gasteiger partial charge in [0.2, 0.25) is 0 Å². The van der Waals surface area contributed by atoms with Crippen LogP contribution in [0.5, 0.6) is 0 Å². The Morgan fingerprint density at radius 2 is 2.12 bits per heavy atom. The minimum Gasteiger partial charge on any atom is -0.329 e. The maximum atomic E-state index is 5.97. The molecule has 16 heavy (non-hydrogen) atoms. The highest BCUT2D eigenvalue weighted by molar-refractivity contribution is 7.10. The van der Waals surface area contributed by atoms with Gasteiger partial charge in [-0.15, -0.1) is 11.3 Å². The van der Waals surface area contributed by atoms with Gasteiger partial charge < -0.3 is 5.73 Å². The topological polar surface area (TPSA) is 29.3 Å². The summed E-state index contributed by atoms with van der Waals surface area (Å²) in [6.45, 7) is 10.7.